The van der Waals surface area contributed by atoms with E-state index in [2.05, 4.69) is 5.32 Å². The molecule has 1 aromatic carbocycles. The minimum atomic E-state index is -0.509. The Labute approximate surface area is 118 Å². The number of para-hydroxylation sites is 2. The van der Waals surface area contributed by atoms with Crippen LogP contribution in [0.1, 0.15) is 13.3 Å². The van der Waals surface area contributed by atoms with Gasteiger partial charge in [0, 0.05) is 13.1 Å². The number of hydrogen-bond donors (Lipinski definition) is 2. The number of benzene rings is 1. The first-order valence-corrected chi connectivity index (χ1v) is 7.11. The van der Waals surface area contributed by atoms with Gasteiger partial charge in [0.15, 0.2) is 6.10 Å². The zero-order valence-electron chi connectivity index (χ0n) is 11.6. The standard InChI is InChI=1S/C15H20N2O3/c1-10-6-7-17(9-12(10)18)15(19)14-8-16-11-4-2-3-5-13(11)20-14/h2-5,10,12,14,16,18H,6-9H2,1H3. The first kappa shape index (κ1) is 13.2. The lowest BCUT2D eigenvalue weighted by atomic mass is 9.95. The molecule has 1 saturated heterocycles. The number of aliphatic hydroxyl groups excluding tert-OH is 1. The van der Waals surface area contributed by atoms with Gasteiger partial charge < -0.3 is 20.1 Å². The molecule has 2 heterocycles. The van der Waals surface area contributed by atoms with Crippen LogP contribution in [0.4, 0.5) is 5.69 Å². The summed E-state index contributed by atoms with van der Waals surface area (Å²) in [5.41, 5.74) is 0.920. The van der Waals surface area contributed by atoms with Crippen LogP contribution >= 0.6 is 0 Å². The average Bonchev–Trinajstić information content (AvgIpc) is 2.49. The number of piperidine rings is 1. The molecule has 3 unspecified atom stereocenters. The Kier molecular flexibility index (Phi) is 3.53. The molecule has 20 heavy (non-hydrogen) atoms. The second-order valence-corrected chi connectivity index (χ2v) is 5.60. The number of β-amino-alcohol motifs (C(OH)–C–C–N with tert-alkyl or cyclic N) is 1. The molecule has 2 aliphatic rings. The second-order valence-electron chi connectivity index (χ2n) is 5.60. The maximum atomic E-state index is 12.5. The van der Waals surface area contributed by atoms with Crippen molar-refractivity contribution < 1.29 is 14.6 Å². The second kappa shape index (κ2) is 5.32. The van der Waals surface area contributed by atoms with Crippen LogP contribution in [0.15, 0.2) is 24.3 Å². The molecule has 0 saturated carbocycles. The van der Waals surface area contributed by atoms with E-state index in [1.807, 2.05) is 31.2 Å². The van der Waals surface area contributed by atoms with Gasteiger partial charge in [-0.1, -0.05) is 19.1 Å². The lowest BCUT2D eigenvalue weighted by Crippen LogP contribution is -2.52. The van der Waals surface area contributed by atoms with Crippen LogP contribution in [0.25, 0.3) is 0 Å². The summed E-state index contributed by atoms with van der Waals surface area (Å²) in [5.74, 6) is 0.922. The summed E-state index contributed by atoms with van der Waals surface area (Å²) in [4.78, 5) is 14.2. The highest BCUT2D eigenvalue weighted by atomic mass is 16.5. The van der Waals surface area contributed by atoms with Gasteiger partial charge in [-0.3, -0.25) is 4.79 Å². The predicted octanol–water partition coefficient (Wildman–Crippen LogP) is 1.09. The van der Waals surface area contributed by atoms with Crippen molar-refractivity contribution in [2.75, 3.05) is 25.0 Å². The van der Waals surface area contributed by atoms with Crippen molar-refractivity contribution in [3.63, 3.8) is 0 Å². The molecule has 0 aromatic heterocycles. The zero-order valence-corrected chi connectivity index (χ0v) is 11.6. The van der Waals surface area contributed by atoms with Crippen molar-refractivity contribution >= 4 is 11.6 Å². The molecule has 0 spiro atoms. The molecule has 3 atom stereocenters. The summed E-state index contributed by atoms with van der Waals surface area (Å²) < 4.78 is 5.77. The van der Waals surface area contributed by atoms with E-state index in [1.165, 1.54) is 0 Å². The normalized spacial score (nSPS) is 29.1. The van der Waals surface area contributed by atoms with Crippen LogP contribution in [0.3, 0.4) is 0 Å². The van der Waals surface area contributed by atoms with Gasteiger partial charge in [0.25, 0.3) is 5.91 Å². The Bertz CT molecular complexity index is 506. The predicted molar refractivity (Wildman–Crippen MR) is 75.7 cm³/mol. The van der Waals surface area contributed by atoms with Gasteiger partial charge in [-0.25, -0.2) is 0 Å². The van der Waals surface area contributed by atoms with Crippen molar-refractivity contribution in [1.82, 2.24) is 4.90 Å². The molecule has 5 heteroatoms. The Hall–Kier alpha value is -1.75. The number of hydrogen-bond acceptors (Lipinski definition) is 4. The summed E-state index contributed by atoms with van der Waals surface area (Å²) in [6.45, 7) is 3.58. The summed E-state index contributed by atoms with van der Waals surface area (Å²) in [6.07, 6.45) is -0.106. The van der Waals surface area contributed by atoms with E-state index in [1.54, 1.807) is 4.90 Å². The van der Waals surface area contributed by atoms with Crippen molar-refractivity contribution in [3.05, 3.63) is 24.3 Å². The van der Waals surface area contributed by atoms with Gasteiger partial charge in [-0.15, -0.1) is 0 Å². The number of carbonyl (C=O) groups is 1. The highest BCUT2D eigenvalue weighted by molar-refractivity contribution is 5.83. The van der Waals surface area contributed by atoms with Crippen molar-refractivity contribution in [3.8, 4) is 5.75 Å². The van der Waals surface area contributed by atoms with Gasteiger partial charge >= 0.3 is 0 Å². The molecule has 0 radical (unpaired) electrons. The topological polar surface area (TPSA) is 61.8 Å². The van der Waals surface area contributed by atoms with Gasteiger partial charge in [-0.2, -0.15) is 0 Å². The van der Waals surface area contributed by atoms with Crippen molar-refractivity contribution in [1.29, 1.82) is 0 Å². The third kappa shape index (κ3) is 2.45. The number of anilines is 1. The summed E-state index contributed by atoms with van der Waals surface area (Å²) in [6, 6.07) is 7.61. The number of carbonyl (C=O) groups excluding carboxylic acids is 1. The van der Waals surface area contributed by atoms with E-state index in [-0.39, 0.29) is 11.8 Å². The Morgan fingerprint density at radius 3 is 3.05 bits per heavy atom. The molecule has 1 fully saturated rings. The number of rotatable bonds is 1. The quantitative estimate of drug-likeness (QED) is 0.806. The van der Waals surface area contributed by atoms with Crippen LogP contribution in [0.5, 0.6) is 5.75 Å². The van der Waals surface area contributed by atoms with Gasteiger partial charge in [-0.05, 0) is 24.5 Å². The molecule has 3 rings (SSSR count). The van der Waals surface area contributed by atoms with Crippen LogP contribution in [0.2, 0.25) is 0 Å². The van der Waals surface area contributed by atoms with E-state index in [4.69, 9.17) is 4.74 Å². The van der Waals surface area contributed by atoms with Gasteiger partial charge in [0.1, 0.15) is 5.75 Å². The summed E-state index contributed by atoms with van der Waals surface area (Å²) >= 11 is 0. The Morgan fingerprint density at radius 2 is 2.25 bits per heavy atom. The molecule has 2 aliphatic heterocycles. The molecule has 2 N–H and O–H groups in total. The van der Waals surface area contributed by atoms with E-state index in [0.717, 1.165) is 12.1 Å². The van der Waals surface area contributed by atoms with Crippen LogP contribution in [0, 0.1) is 5.92 Å². The molecular formula is C15H20N2O3. The first-order valence-electron chi connectivity index (χ1n) is 7.11. The number of aliphatic hydroxyl groups is 1. The summed E-state index contributed by atoms with van der Waals surface area (Å²) in [7, 11) is 0. The van der Waals surface area contributed by atoms with Crippen LogP contribution in [-0.2, 0) is 4.79 Å². The third-order valence-electron chi connectivity index (χ3n) is 4.14. The lowest BCUT2D eigenvalue weighted by molar-refractivity contribution is -0.142. The number of likely N-dealkylation sites (tertiary alicyclic amines) is 1. The first-order chi connectivity index (χ1) is 9.65. The fourth-order valence-corrected chi connectivity index (χ4v) is 2.70. The molecule has 108 valence electrons. The van der Waals surface area contributed by atoms with E-state index in [9.17, 15) is 9.90 Å². The highest BCUT2D eigenvalue weighted by Crippen LogP contribution is 2.29. The van der Waals surface area contributed by atoms with Gasteiger partial charge in [0.05, 0.1) is 18.3 Å². The number of ether oxygens (including phenoxy) is 1. The number of nitrogens with one attached hydrogen (secondary N) is 1. The third-order valence-corrected chi connectivity index (χ3v) is 4.14. The minimum Gasteiger partial charge on any atom is -0.477 e. The lowest BCUT2D eigenvalue weighted by Gasteiger charge is -2.37. The largest absolute Gasteiger partial charge is 0.477 e. The maximum absolute atomic E-state index is 12.5. The van der Waals surface area contributed by atoms with Gasteiger partial charge in [0.2, 0.25) is 0 Å². The van der Waals surface area contributed by atoms with Crippen LogP contribution in [-0.4, -0.2) is 47.8 Å². The zero-order chi connectivity index (χ0) is 14.1. The molecule has 1 amide bonds. The average molecular weight is 276 g/mol. The highest BCUT2D eigenvalue weighted by Gasteiger charge is 2.33. The number of fused-ring (bicyclic) bond motifs is 1. The maximum Gasteiger partial charge on any atom is 0.265 e. The number of nitrogens with zero attached hydrogens (tertiary/aromatic N) is 1. The molecular weight excluding hydrogens is 256 g/mol. The molecule has 5 nitrogen and oxygen atoms in total. The fraction of sp³-hybridized carbons (Fsp3) is 0.533. The molecule has 0 bridgehead atoms. The molecule has 0 aliphatic carbocycles. The monoisotopic (exact) mass is 276 g/mol. The van der Waals surface area contributed by atoms with Crippen LogP contribution < -0.4 is 10.1 Å². The smallest absolute Gasteiger partial charge is 0.265 e. The number of amides is 1. The minimum absolute atomic E-state index is 0.0436. The van der Waals surface area contributed by atoms with E-state index >= 15 is 0 Å². The SMILES string of the molecule is CC1CCN(C(=O)C2CNc3ccccc3O2)CC1O. The van der Waals surface area contributed by atoms with Crippen molar-refractivity contribution in [2.24, 2.45) is 5.92 Å². The Balaban J connectivity index is 1.67. The van der Waals surface area contributed by atoms with E-state index < -0.39 is 12.2 Å². The Morgan fingerprint density at radius 1 is 1.45 bits per heavy atom. The van der Waals surface area contributed by atoms with E-state index in [0.29, 0.717) is 25.4 Å². The summed E-state index contributed by atoms with van der Waals surface area (Å²) in [5, 5.41) is 13.1. The fourth-order valence-electron chi connectivity index (χ4n) is 2.70. The van der Waals surface area contributed by atoms with Crippen molar-refractivity contribution in [2.45, 2.75) is 25.6 Å². The molecule has 1 aromatic rings.